The first-order valence-corrected chi connectivity index (χ1v) is 18.5. The quantitative estimate of drug-likeness (QED) is 0.162. The van der Waals surface area contributed by atoms with Crippen LogP contribution in [0.1, 0.15) is 0 Å². The largest absolute Gasteiger partial charge is 0.456 e. The maximum Gasteiger partial charge on any atom is 0.227 e. The van der Waals surface area contributed by atoms with E-state index in [1.165, 1.54) is 32.7 Å². The van der Waals surface area contributed by atoms with Gasteiger partial charge in [-0.15, -0.1) is 0 Å². The van der Waals surface area contributed by atoms with E-state index in [2.05, 4.69) is 157 Å². The molecule has 0 saturated heterocycles. The van der Waals surface area contributed by atoms with Crippen LogP contribution < -0.4 is 4.90 Å². The van der Waals surface area contributed by atoms with Gasteiger partial charge < -0.3 is 13.7 Å². The van der Waals surface area contributed by atoms with Gasteiger partial charge in [-0.2, -0.15) is 0 Å². The van der Waals surface area contributed by atoms with Crippen molar-refractivity contribution in [1.29, 1.82) is 0 Å². The van der Waals surface area contributed by atoms with Crippen LogP contribution in [-0.4, -0.2) is 4.98 Å². The number of furan rings is 1. The summed E-state index contributed by atoms with van der Waals surface area (Å²) in [4.78, 5) is 7.31. The normalized spacial score (nSPS) is 11.6. The van der Waals surface area contributed by atoms with Crippen LogP contribution in [0.25, 0.3) is 88.3 Å². The molecule has 0 radical (unpaired) electrons. The minimum Gasteiger partial charge on any atom is -0.456 e. The fourth-order valence-corrected chi connectivity index (χ4v) is 7.97. The maximum absolute atomic E-state index is 6.33. The molecule has 258 valence electrons. The van der Waals surface area contributed by atoms with E-state index in [0.29, 0.717) is 5.89 Å². The number of fused-ring (bicyclic) bond motifs is 8. The second-order valence-corrected chi connectivity index (χ2v) is 14.0. The van der Waals surface area contributed by atoms with Gasteiger partial charge in [-0.3, -0.25) is 0 Å². The molecule has 11 rings (SSSR count). The Morgan fingerprint density at radius 1 is 0.345 bits per heavy atom. The number of nitrogens with zero attached hydrogens (tertiary/aromatic N) is 2. The van der Waals surface area contributed by atoms with Crippen LogP contribution >= 0.6 is 0 Å². The molecule has 0 amide bonds. The molecule has 0 bridgehead atoms. The van der Waals surface area contributed by atoms with Gasteiger partial charge >= 0.3 is 0 Å². The number of aromatic nitrogens is 1. The van der Waals surface area contributed by atoms with Gasteiger partial charge in [0.25, 0.3) is 0 Å². The summed E-state index contributed by atoms with van der Waals surface area (Å²) in [6, 6.07) is 68.4. The Morgan fingerprint density at radius 3 is 1.78 bits per heavy atom. The average molecular weight is 705 g/mol. The van der Waals surface area contributed by atoms with Crippen molar-refractivity contribution in [2.24, 2.45) is 0 Å². The van der Waals surface area contributed by atoms with Crippen molar-refractivity contribution in [3.05, 3.63) is 194 Å². The molecular formula is C51H32N2O2. The van der Waals surface area contributed by atoms with Crippen LogP contribution in [0, 0.1) is 0 Å². The Labute approximate surface area is 317 Å². The van der Waals surface area contributed by atoms with Crippen molar-refractivity contribution in [2.75, 3.05) is 4.90 Å². The lowest BCUT2D eigenvalue weighted by Crippen LogP contribution is -2.10. The van der Waals surface area contributed by atoms with Gasteiger partial charge in [0.15, 0.2) is 5.58 Å². The van der Waals surface area contributed by atoms with Crippen molar-refractivity contribution in [2.45, 2.75) is 0 Å². The van der Waals surface area contributed by atoms with E-state index in [1.54, 1.807) is 0 Å². The van der Waals surface area contributed by atoms with E-state index in [0.717, 1.165) is 66.8 Å². The van der Waals surface area contributed by atoms with Crippen molar-refractivity contribution in [3.63, 3.8) is 0 Å². The standard InChI is InChI=1S/C51H32N2O2/c1-3-10-33(11-4-1)38-15-9-16-41(30-38)53(42-26-22-36-19-18-35-12-7-8-17-43(35)44(36)32-42)40-24-20-34(21-25-40)39-23-27-46-45(31-39)49-47(54-46)28-29-48-50(49)52-51(55-48)37-13-5-2-6-14-37/h1-32H. The second-order valence-electron chi connectivity index (χ2n) is 14.0. The van der Waals surface area contributed by atoms with Crippen LogP contribution in [-0.2, 0) is 0 Å². The third-order valence-corrected chi connectivity index (χ3v) is 10.7. The molecule has 0 N–H and O–H groups in total. The third kappa shape index (κ3) is 5.34. The van der Waals surface area contributed by atoms with Gasteiger partial charge in [0.05, 0.1) is 5.39 Å². The van der Waals surface area contributed by atoms with Crippen LogP contribution in [0.2, 0.25) is 0 Å². The molecule has 9 aromatic carbocycles. The Morgan fingerprint density at radius 2 is 0.945 bits per heavy atom. The molecular weight excluding hydrogens is 673 g/mol. The topological polar surface area (TPSA) is 42.4 Å². The third-order valence-electron chi connectivity index (χ3n) is 10.7. The molecule has 0 saturated carbocycles. The Kier molecular flexibility index (Phi) is 7.14. The zero-order valence-electron chi connectivity index (χ0n) is 29.7. The molecule has 0 aliphatic heterocycles. The number of rotatable bonds is 6. The number of hydrogen-bond donors (Lipinski definition) is 0. The van der Waals surface area contributed by atoms with E-state index in [1.807, 2.05) is 42.5 Å². The Bertz CT molecular complexity index is 3200. The van der Waals surface area contributed by atoms with E-state index >= 15 is 0 Å². The minimum atomic E-state index is 0.600. The summed E-state index contributed by atoms with van der Waals surface area (Å²) < 4.78 is 12.5. The fraction of sp³-hybridized carbons (Fsp3) is 0. The summed E-state index contributed by atoms with van der Waals surface area (Å²) in [5.74, 6) is 0.600. The first-order chi connectivity index (χ1) is 27.2. The minimum absolute atomic E-state index is 0.600. The van der Waals surface area contributed by atoms with Crippen LogP contribution in [0.5, 0.6) is 0 Å². The van der Waals surface area contributed by atoms with Gasteiger partial charge in [0.2, 0.25) is 5.89 Å². The van der Waals surface area contributed by atoms with Crippen LogP contribution in [0.15, 0.2) is 203 Å². The summed E-state index contributed by atoms with van der Waals surface area (Å²) in [6.07, 6.45) is 0. The maximum atomic E-state index is 6.33. The van der Waals surface area contributed by atoms with Crippen molar-refractivity contribution >= 4 is 71.6 Å². The molecule has 2 aromatic heterocycles. The molecule has 0 fully saturated rings. The number of anilines is 3. The summed E-state index contributed by atoms with van der Waals surface area (Å²) in [7, 11) is 0. The summed E-state index contributed by atoms with van der Waals surface area (Å²) >= 11 is 0. The Balaban J connectivity index is 1.03. The molecule has 4 heteroatoms. The highest BCUT2D eigenvalue weighted by Gasteiger charge is 2.18. The highest BCUT2D eigenvalue weighted by molar-refractivity contribution is 6.17. The van der Waals surface area contributed by atoms with E-state index < -0.39 is 0 Å². The predicted molar refractivity (Wildman–Crippen MR) is 227 cm³/mol. The second kappa shape index (κ2) is 12.6. The highest BCUT2D eigenvalue weighted by atomic mass is 16.4. The van der Waals surface area contributed by atoms with Crippen molar-refractivity contribution in [1.82, 2.24) is 4.98 Å². The lowest BCUT2D eigenvalue weighted by Gasteiger charge is -2.27. The predicted octanol–water partition coefficient (Wildman–Crippen LogP) is 14.5. The molecule has 0 aliphatic rings. The first kappa shape index (κ1) is 31.1. The highest BCUT2D eigenvalue weighted by Crippen LogP contribution is 2.41. The molecule has 2 heterocycles. The SMILES string of the molecule is c1ccc(-c2cccc(N(c3ccc(-c4ccc5oc6ccc7oc(-c8ccccc8)nc7c6c5c4)cc3)c3ccc4ccc5ccccc5c4c3)c2)cc1. The zero-order valence-corrected chi connectivity index (χ0v) is 29.7. The van der Waals surface area contributed by atoms with Gasteiger partial charge in [0, 0.05) is 28.0 Å². The van der Waals surface area contributed by atoms with Crippen LogP contribution in [0.4, 0.5) is 17.1 Å². The van der Waals surface area contributed by atoms with Crippen LogP contribution in [0.3, 0.4) is 0 Å². The molecule has 0 unspecified atom stereocenters. The lowest BCUT2D eigenvalue weighted by atomic mass is 10.00. The fourth-order valence-electron chi connectivity index (χ4n) is 7.97. The monoisotopic (exact) mass is 704 g/mol. The van der Waals surface area contributed by atoms with E-state index in [-0.39, 0.29) is 0 Å². The first-order valence-electron chi connectivity index (χ1n) is 18.5. The molecule has 11 aromatic rings. The lowest BCUT2D eigenvalue weighted by molar-refractivity contribution is 0.619. The van der Waals surface area contributed by atoms with Gasteiger partial charge in [0.1, 0.15) is 16.7 Å². The number of benzene rings is 9. The summed E-state index contributed by atoms with van der Waals surface area (Å²) in [5, 5.41) is 6.91. The van der Waals surface area contributed by atoms with Gasteiger partial charge in [-0.25, -0.2) is 4.98 Å². The van der Waals surface area contributed by atoms with Gasteiger partial charge in [-0.1, -0.05) is 121 Å². The molecule has 0 aliphatic carbocycles. The van der Waals surface area contributed by atoms with Gasteiger partial charge in [-0.05, 0) is 117 Å². The van der Waals surface area contributed by atoms with Crippen molar-refractivity contribution in [3.8, 4) is 33.7 Å². The number of hydrogen-bond acceptors (Lipinski definition) is 4. The smallest absolute Gasteiger partial charge is 0.227 e. The molecule has 0 spiro atoms. The van der Waals surface area contributed by atoms with E-state index in [9.17, 15) is 0 Å². The van der Waals surface area contributed by atoms with E-state index in [4.69, 9.17) is 13.8 Å². The zero-order chi connectivity index (χ0) is 36.3. The summed E-state index contributed by atoms with van der Waals surface area (Å²) in [6.45, 7) is 0. The number of oxazole rings is 1. The molecule has 55 heavy (non-hydrogen) atoms. The summed E-state index contributed by atoms with van der Waals surface area (Å²) in [5.41, 5.74) is 11.9. The van der Waals surface area contributed by atoms with Crippen molar-refractivity contribution < 1.29 is 8.83 Å². The molecule has 4 nitrogen and oxygen atoms in total. The molecule has 0 atom stereocenters. The Hall–Kier alpha value is -7.43. The average Bonchev–Trinajstić information content (AvgIpc) is 3.86.